The third-order valence-electron chi connectivity index (χ3n) is 4.96. The molecule has 0 spiro atoms. The lowest BCUT2D eigenvalue weighted by Crippen LogP contribution is -1.83. The van der Waals surface area contributed by atoms with E-state index in [1.807, 2.05) is 54.6 Å². The van der Waals surface area contributed by atoms with E-state index in [-0.39, 0.29) is 0 Å². The summed E-state index contributed by atoms with van der Waals surface area (Å²) in [7, 11) is 0. The summed E-state index contributed by atoms with van der Waals surface area (Å²) in [6.07, 6.45) is 8.29. The number of hydrogen-bond donors (Lipinski definition) is 1. The van der Waals surface area contributed by atoms with E-state index in [9.17, 15) is 0 Å². The Labute approximate surface area is 179 Å². The second kappa shape index (κ2) is 8.55. The van der Waals surface area contributed by atoms with Crippen LogP contribution in [0.1, 0.15) is 22.4 Å². The van der Waals surface area contributed by atoms with Crippen LogP contribution in [0.15, 0.2) is 84.9 Å². The van der Waals surface area contributed by atoms with Crippen molar-refractivity contribution in [2.75, 3.05) is 0 Å². The Kier molecular flexibility index (Phi) is 5.14. The van der Waals surface area contributed by atoms with Gasteiger partial charge in [-0.1, -0.05) is 85.0 Å². The molecule has 5 nitrogen and oxygen atoms in total. The van der Waals surface area contributed by atoms with Gasteiger partial charge < -0.3 is 0 Å². The molecule has 0 aliphatic carbocycles. The minimum Gasteiger partial charge on any atom is -0.248 e. The Hall–Kier alpha value is -4.38. The normalized spacial score (nSPS) is 11.6. The van der Waals surface area contributed by atoms with Crippen LogP contribution < -0.4 is 0 Å². The molecule has 0 amide bonds. The minimum absolute atomic E-state index is 0.590. The molecule has 2 aromatic heterocycles. The Morgan fingerprint density at radius 3 is 2.23 bits per heavy atom. The van der Waals surface area contributed by atoms with Crippen molar-refractivity contribution >= 4 is 35.2 Å². The zero-order chi connectivity index (χ0) is 20.9. The van der Waals surface area contributed by atoms with Gasteiger partial charge in [0, 0.05) is 10.9 Å². The molecule has 0 fully saturated rings. The molecule has 0 atom stereocenters. The van der Waals surface area contributed by atoms with E-state index in [0.29, 0.717) is 5.82 Å². The van der Waals surface area contributed by atoms with E-state index >= 15 is 0 Å². The largest absolute Gasteiger partial charge is 0.248 e. The number of tetrazole rings is 1. The highest BCUT2D eigenvalue weighted by atomic mass is 15.5. The maximum absolute atomic E-state index is 4.68. The number of fused-ring (bicyclic) bond motifs is 1. The quantitative estimate of drug-likeness (QED) is 0.381. The van der Waals surface area contributed by atoms with Crippen molar-refractivity contribution in [1.82, 2.24) is 25.6 Å². The van der Waals surface area contributed by atoms with Crippen LogP contribution in [0.2, 0.25) is 0 Å². The molecule has 31 heavy (non-hydrogen) atoms. The number of nitrogens with one attached hydrogen (secondary N) is 1. The molecule has 0 bridgehead atoms. The number of hydrogen-bond acceptors (Lipinski definition) is 4. The zero-order valence-electron chi connectivity index (χ0n) is 16.7. The van der Waals surface area contributed by atoms with Gasteiger partial charge in [-0.15, -0.1) is 10.2 Å². The summed E-state index contributed by atoms with van der Waals surface area (Å²) in [6, 6.07) is 28.7. The minimum atomic E-state index is 0.590. The summed E-state index contributed by atoms with van der Waals surface area (Å²) >= 11 is 0. The molecule has 0 unspecified atom stereocenters. The summed E-state index contributed by atoms with van der Waals surface area (Å²) in [5, 5.41) is 15.3. The first-order valence-corrected chi connectivity index (χ1v) is 9.99. The molecule has 2 heterocycles. The standard InChI is InChI=1S/C26H19N5/c1-2-7-25-22(5-1)15-17-24(27-25)16-14-20-10-8-19(9-11-20)12-13-21-4-3-6-23(18-21)26-28-30-31-29-26/h1-18H,(H,28,29,30,31)/b13-12-,16-14+. The summed E-state index contributed by atoms with van der Waals surface area (Å²) in [4.78, 5) is 4.68. The molecule has 0 radical (unpaired) electrons. The van der Waals surface area contributed by atoms with Gasteiger partial charge in [0.1, 0.15) is 0 Å². The van der Waals surface area contributed by atoms with E-state index in [1.165, 1.54) is 0 Å². The van der Waals surface area contributed by atoms with Gasteiger partial charge >= 0.3 is 0 Å². The lowest BCUT2D eigenvalue weighted by Gasteiger charge is -2.00. The molecule has 5 rings (SSSR count). The Balaban J connectivity index is 1.28. The molecule has 148 valence electrons. The molecular weight excluding hydrogens is 382 g/mol. The second-order valence-electron chi connectivity index (χ2n) is 7.12. The maximum atomic E-state index is 4.68. The number of aromatic amines is 1. The van der Waals surface area contributed by atoms with E-state index in [0.717, 1.165) is 38.9 Å². The number of benzene rings is 3. The van der Waals surface area contributed by atoms with Crippen LogP contribution in [0.3, 0.4) is 0 Å². The first kappa shape index (κ1) is 18.6. The molecule has 0 saturated heterocycles. The lowest BCUT2D eigenvalue weighted by atomic mass is 10.1. The van der Waals surface area contributed by atoms with Crippen LogP contribution in [0, 0.1) is 0 Å². The van der Waals surface area contributed by atoms with Crippen LogP contribution in [-0.2, 0) is 0 Å². The third-order valence-corrected chi connectivity index (χ3v) is 4.96. The van der Waals surface area contributed by atoms with Crippen molar-refractivity contribution in [2.45, 2.75) is 0 Å². The Morgan fingerprint density at radius 2 is 1.42 bits per heavy atom. The van der Waals surface area contributed by atoms with Crippen LogP contribution in [0.25, 0.3) is 46.6 Å². The van der Waals surface area contributed by atoms with E-state index in [2.05, 4.69) is 80.2 Å². The van der Waals surface area contributed by atoms with Gasteiger partial charge in [0.25, 0.3) is 0 Å². The molecule has 0 saturated carbocycles. The predicted molar refractivity (Wildman–Crippen MR) is 126 cm³/mol. The van der Waals surface area contributed by atoms with Crippen LogP contribution in [0.4, 0.5) is 0 Å². The first-order valence-electron chi connectivity index (χ1n) is 9.99. The first-order chi connectivity index (χ1) is 15.3. The van der Waals surface area contributed by atoms with E-state index in [4.69, 9.17) is 0 Å². The fourth-order valence-electron chi connectivity index (χ4n) is 3.33. The smallest absolute Gasteiger partial charge is 0.204 e. The summed E-state index contributed by atoms with van der Waals surface area (Å²) in [5.41, 5.74) is 6.22. The summed E-state index contributed by atoms with van der Waals surface area (Å²) < 4.78 is 0. The molecule has 0 aliphatic rings. The van der Waals surface area contributed by atoms with Gasteiger partial charge in [-0.2, -0.15) is 5.21 Å². The van der Waals surface area contributed by atoms with Crippen molar-refractivity contribution in [1.29, 1.82) is 0 Å². The average molecular weight is 401 g/mol. The Bertz CT molecular complexity index is 1370. The predicted octanol–water partition coefficient (Wildman–Crippen LogP) is 5.76. The van der Waals surface area contributed by atoms with Gasteiger partial charge in [0.15, 0.2) is 0 Å². The number of nitrogens with zero attached hydrogens (tertiary/aromatic N) is 4. The zero-order valence-corrected chi connectivity index (χ0v) is 16.7. The van der Waals surface area contributed by atoms with Gasteiger partial charge in [-0.25, -0.2) is 4.98 Å². The Morgan fingerprint density at radius 1 is 0.645 bits per heavy atom. The van der Waals surface area contributed by atoms with Crippen LogP contribution >= 0.6 is 0 Å². The number of H-pyrrole nitrogens is 1. The monoisotopic (exact) mass is 401 g/mol. The fraction of sp³-hybridized carbons (Fsp3) is 0. The highest BCUT2D eigenvalue weighted by Gasteiger charge is 2.02. The number of pyridine rings is 1. The van der Waals surface area contributed by atoms with Crippen molar-refractivity contribution in [3.05, 3.63) is 107 Å². The highest BCUT2D eigenvalue weighted by molar-refractivity contribution is 5.81. The second-order valence-corrected chi connectivity index (χ2v) is 7.12. The molecular formula is C26H19N5. The topological polar surface area (TPSA) is 67.3 Å². The van der Waals surface area contributed by atoms with Crippen LogP contribution in [-0.4, -0.2) is 25.6 Å². The lowest BCUT2D eigenvalue weighted by molar-refractivity contribution is 0.881. The van der Waals surface area contributed by atoms with E-state index < -0.39 is 0 Å². The molecule has 5 heteroatoms. The molecule has 1 N–H and O–H groups in total. The van der Waals surface area contributed by atoms with Crippen molar-refractivity contribution in [3.8, 4) is 11.4 Å². The fourth-order valence-corrected chi connectivity index (χ4v) is 3.33. The third kappa shape index (κ3) is 4.46. The van der Waals surface area contributed by atoms with Crippen molar-refractivity contribution in [3.63, 3.8) is 0 Å². The van der Waals surface area contributed by atoms with Gasteiger partial charge in [0.05, 0.1) is 11.2 Å². The van der Waals surface area contributed by atoms with Crippen LogP contribution in [0.5, 0.6) is 0 Å². The molecule has 5 aromatic rings. The summed E-state index contributed by atoms with van der Waals surface area (Å²) in [5.74, 6) is 0.590. The summed E-state index contributed by atoms with van der Waals surface area (Å²) in [6.45, 7) is 0. The SMILES string of the molecule is C(=C/c1cccc(-c2nn[nH]n2)c1)/c1ccc(/C=C/c2ccc3ccccc3n2)cc1. The van der Waals surface area contributed by atoms with Gasteiger partial charge in [-0.3, -0.25) is 0 Å². The van der Waals surface area contributed by atoms with Gasteiger partial charge in [-0.05, 0) is 46.2 Å². The van der Waals surface area contributed by atoms with E-state index in [1.54, 1.807) is 0 Å². The number of aromatic nitrogens is 5. The maximum Gasteiger partial charge on any atom is 0.204 e. The van der Waals surface area contributed by atoms with Crippen molar-refractivity contribution < 1.29 is 0 Å². The molecule has 0 aliphatic heterocycles. The van der Waals surface area contributed by atoms with Crippen molar-refractivity contribution in [2.24, 2.45) is 0 Å². The molecule has 3 aromatic carbocycles. The number of para-hydroxylation sites is 1. The van der Waals surface area contributed by atoms with Gasteiger partial charge in [0.2, 0.25) is 5.82 Å². The highest BCUT2D eigenvalue weighted by Crippen LogP contribution is 2.18. The number of rotatable bonds is 5. The average Bonchev–Trinajstić information content (AvgIpc) is 3.37.